The summed E-state index contributed by atoms with van der Waals surface area (Å²) < 4.78 is 5.51. The largest absolute Gasteiger partial charge is 0.464 e. The van der Waals surface area contributed by atoms with Crippen LogP contribution in [0.3, 0.4) is 0 Å². The SMILES string of the molecule is CCN(CC)CCOC(=O)[C@H](c1ccccc1)[C@H](O)C1=CCCC1. The Morgan fingerprint density at radius 2 is 1.96 bits per heavy atom. The molecule has 132 valence electrons. The van der Waals surface area contributed by atoms with E-state index in [1.54, 1.807) is 0 Å². The third kappa shape index (κ3) is 4.92. The lowest BCUT2D eigenvalue weighted by Crippen LogP contribution is -2.32. The molecule has 1 aliphatic carbocycles. The van der Waals surface area contributed by atoms with Gasteiger partial charge >= 0.3 is 5.97 Å². The molecule has 4 nitrogen and oxygen atoms in total. The standard InChI is InChI=1S/C20H29NO3/c1-3-21(4-2)14-15-24-20(23)18(16-10-6-5-7-11-16)19(22)17-12-8-9-13-17/h5-7,10-12,18-19,22H,3-4,8-9,13-15H2,1-2H3/t18-,19-/m1/s1. The number of esters is 1. The second-order valence-electron chi connectivity index (χ2n) is 6.20. The van der Waals surface area contributed by atoms with Gasteiger partial charge in [0.05, 0.1) is 6.10 Å². The summed E-state index contributed by atoms with van der Waals surface area (Å²) in [6, 6.07) is 9.46. The van der Waals surface area contributed by atoms with Crippen molar-refractivity contribution in [1.82, 2.24) is 4.90 Å². The molecule has 1 aliphatic rings. The number of nitrogens with zero attached hydrogens (tertiary/aromatic N) is 1. The fourth-order valence-electron chi connectivity index (χ4n) is 3.19. The first kappa shape index (κ1) is 18.7. The summed E-state index contributed by atoms with van der Waals surface area (Å²) in [6.45, 7) is 7.13. The number of likely N-dealkylation sites (N-methyl/N-ethyl adjacent to an activating group) is 1. The molecule has 1 aromatic carbocycles. The Labute approximate surface area is 145 Å². The van der Waals surface area contributed by atoms with E-state index in [1.807, 2.05) is 30.3 Å². The second kappa shape index (κ2) is 9.60. The van der Waals surface area contributed by atoms with Crippen LogP contribution in [0.2, 0.25) is 0 Å². The van der Waals surface area contributed by atoms with Gasteiger partial charge in [0, 0.05) is 6.54 Å². The van der Waals surface area contributed by atoms with E-state index in [4.69, 9.17) is 4.74 Å². The van der Waals surface area contributed by atoms with Crippen molar-refractivity contribution in [3.63, 3.8) is 0 Å². The monoisotopic (exact) mass is 331 g/mol. The lowest BCUT2D eigenvalue weighted by Gasteiger charge is -2.24. The molecule has 0 radical (unpaired) electrons. The van der Waals surface area contributed by atoms with Gasteiger partial charge in [0.1, 0.15) is 12.5 Å². The van der Waals surface area contributed by atoms with Crippen LogP contribution in [-0.4, -0.2) is 48.3 Å². The van der Waals surface area contributed by atoms with Gasteiger partial charge in [-0.3, -0.25) is 4.79 Å². The summed E-state index contributed by atoms with van der Waals surface area (Å²) in [5, 5.41) is 10.8. The zero-order chi connectivity index (χ0) is 17.4. The summed E-state index contributed by atoms with van der Waals surface area (Å²) in [4.78, 5) is 14.9. The predicted octanol–water partition coefficient (Wildman–Crippen LogP) is 3.13. The minimum Gasteiger partial charge on any atom is -0.464 e. The van der Waals surface area contributed by atoms with E-state index in [-0.39, 0.29) is 5.97 Å². The quantitative estimate of drug-likeness (QED) is 0.558. The number of rotatable bonds is 9. The summed E-state index contributed by atoms with van der Waals surface area (Å²) in [7, 11) is 0. The summed E-state index contributed by atoms with van der Waals surface area (Å²) in [5.41, 5.74) is 1.77. The molecule has 24 heavy (non-hydrogen) atoms. The number of aliphatic hydroxyl groups is 1. The minimum absolute atomic E-state index is 0.339. The van der Waals surface area contributed by atoms with Gasteiger partial charge in [0.15, 0.2) is 0 Å². The molecule has 0 spiro atoms. The number of benzene rings is 1. The van der Waals surface area contributed by atoms with Gasteiger partial charge in [-0.25, -0.2) is 0 Å². The molecule has 4 heteroatoms. The lowest BCUT2D eigenvalue weighted by atomic mass is 9.88. The first-order valence-electron chi connectivity index (χ1n) is 8.98. The Hall–Kier alpha value is -1.65. The number of allylic oxidation sites excluding steroid dienone is 1. The smallest absolute Gasteiger partial charge is 0.316 e. The fraction of sp³-hybridized carbons (Fsp3) is 0.550. The topological polar surface area (TPSA) is 49.8 Å². The molecule has 0 saturated heterocycles. The molecular weight excluding hydrogens is 302 g/mol. The molecule has 0 bridgehead atoms. The van der Waals surface area contributed by atoms with Gasteiger partial charge in [0.2, 0.25) is 0 Å². The van der Waals surface area contributed by atoms with Crippen molar-refractivity contribution in [2.45, 2.75) is 45.1 Å². The zero-order valence-corrected chi connectivity index (χ0v) is 14.8. The Balaban J connectivity index is 2.06. The van der Waals surface area contributed by atoms with Gasteiger partial charge in [-0.15, -0.1) is 0 Å². The number of hydrogen-bond acceptors (Lipinski definition) is 4. The third-order valence-corrected chi connectivity index (χ3v) is 4.73. The van der Waals surface area contributed by atoms with Crippen LogP contribution < -0.4 is 0 Å². The molecule has 2 rings (SSSR count). The van der Waals surface area contributed by atoms with E-state index in [2.05, 4.69) is 24.8 Å². The Bertz CT molecular complexity index is 537. The van der Waals surface area contributed by atoms with E-state index in [9.17, 15) is 9.90 Å². The number of hydrogen-bond donors (Lipinski definition) is 1. The number of carbonyl (C=O) groups is 1. The van der Waals surface area contributed by atoms with Gasteiger partial charge in [0.25, 0.3) is 0 Å². The van der Waals surface area contributed by atoms with E-state index in [1.165, 1.54) is 0 Å². The average Bonchev–Trinajstić information content (AvgIpc) is 3.14. The highest BCUT2D eigenvalue weighted by Crippen LogP contribution is 2.31. The van der Waals surface area contributed by atoms with Crippen molar-refractivity contribution in [2.75, 3.05) is 26.2 Å². The molecule has 0 aliphatic heterocycles. The van der Waals surface area contributed by atoms with Crippen molar-refractivity contribution in [3.8, 4) is 0 Å². The first-order chi connectivity index (χ1) is 11.7. The molecule has 1 aromatic rings. The Morgan fingerprint density at radius 1 is 1.25 bits per heavy atom. The van der Waals surface area contributed by atoms with Crippen LogP contribution in [0, 0.1) is 0 Å². The number of carbonyl (C=O) groups excluding carboxylic acids is 1. The van der Waals surface area contributed by atoms with Crippen LogP contribution in [0.5, 0.6) is 0 Å². The molecule has 0 fully saturated rings. The summed E-state index contributed by atoms with van der Waals surface area (Å²) in [5.74, 6) is -0.985. The van der Waals surface area contributed by atoms with Gasteiger partial charge in [-0.1, -0.05) is 50.3 Å². The molecule has 0 amide bonds. The summed E-state index contributed by atoms with van der Waals surface area (Å²) >= 11 is 0. The van der Waals surface area contributed by atoms with E-state index >= 15 is 0 Å². The maximum absolute atomic E-state index is 12.7. The van der Waals surface area contributed by atoms with Crippen molar-refractivity contribution < 1.29 is 14.6 Å². The highest BCUT2D eigenvalue weighted by molar-refractivity contribution is 5.79. The van der Waals surface area contributed by atoms with Crippen LogP contribution >= 0.6 is 0 Å². The van der Waals surface area contributed by atoms with Crippen LogP contribution in [-0.2, 0) is 9.53 Å². The van der Waals surface area contributed by atoms with Crippen LogP contribution in [0.1, 0.15) is 44.6 Å². The normalized spacial score (nSPS) is 16.8. The minimum atomic E-state index is -0.796. The first-order valence-corrected chi connectivity index (χ1v) is 8.98. The van der Waals surface area contributed by atoms with Crippen molar-refractivity contribution in [2.24, 2.45) is 0 Å². The molecule has 0 heterocycles. The van der Waals surface area contributed by atoms with Gasteiger partial charge in [-0.2, -0.15) is 0 Å². The summed E-state index contributed by atoms with van der Waals surface area (Å²) in [6.07, 6.45) is 4.15. The van der Waals surface area contributed by atoms with Crippen LogP contribution in [0.25, 0.3) is 0 Å². The fourth-order valence-corrected chi connectivity index (χ4v) is 3.19. The molecular formula is C20H29NO3. The second-order valence-corrected chi connectivity index (χ2v) is 6.20. The molecule has 0 unspecified atom stereocenters. The Kier molecular flexibility index (Phi) is 7.47. The average molecular weight is 331 g/mol. The van der Waals surface area contributed by atoms with E-state index in [0.29, 0.717) is 6.61 Å². The van der Waals surface area contributed by atoms with Crippen molar-refractivity contribution >= 4 is 5.97 Å². The van der Waals surface area contributed by atoms with E-state index in [0.717, 1.165) is 50.0 Å². The van der Waals surface area contributed by atoms with Gasteiger partial charge < -0.3 is 14.7 Å². The Morgan fingerprint density at radius 3 is 2.54 bits per heavy atom. The van der Waals surface area contributed by atoms with Gasteiger partial charge in [-0.05, 0) is 43.5 Å². The lowest BCUT2D eigenvalue weighted by molar-refractivity contribution is -0.148. The molecule has 0 aromatic heterocycles. The highest BCUT2D eigenvalue weighted by atomic mass is 16.5. The van der Waals surface area contributed by atoms with E-state index < -0.39 is 12.0 Å². The number of aliphatic hydroxyl groups excluding tert-OH is 1. The maximum atomic E-state index is 12.7. The van der Waals surface area contributed by atoms with Crippen LogP contribution in [0.4, 0.5) is 0 Å². The van der Waals surface area contributed by atoms with Crippen molar-refractivity contribution in [3.05, 3.63) is 47.5 Å². The predicted molar refractivity (Wildman–Crippen MR) is 95.9 cm³/mol. The molecule has 2 atom stereocenters. The molecule has 1 N–H and O–H groups in total. The maximum Gasteiger partial charge on any atom is 0.316 e. The highest BCUT2D eigenvalue weighted by Gasteiger charge is 2.33. The van der Waals surface area contributed by atoms with Crippen molar-refractivity contribution in [1.29, 1.82) is 0 Å². The molecule has 0 saturated carbocycles. The van der Waals surface area contributed by atoms with Crippen LogP contribution in [0.15, 0.2) is 42.0 Å². The number of ether oxygens (including phenoxy) is 1. The third-order valence-electron chi connectivity index (χ3n) is 4.73. The zero-order valence-electron chi connectivity index (χ0n) is 14.8.